The Labute approximate surface area is 85.3 Å². The highest BCUT2D eigenvalue weighted by Gasteiger charge is 2.10. The summed E-state index contributed by atoms with van der Waals surface area (Å²) in [5.74, 6) is 3.25. The standard InChI is InChI=1S/C10H15NO2S/c1-3-11(14(2,12)13)9-10-7-5-4-6-8-10/h4-8H,2-3,9H2,1H3,(H,12,13). The first-order chi connectivity index (χ1) is 6.54. The van der Waals surface area contributed by atoms with E-state index >= 15 is 0 Å². The number of benzene rings is 1. The quantitative estimate of drug-likeness (QED) is 0.772. The van der Waals surface area contributed by atoms with E-state index in [4.69, 9.17) is 0 Å². The second-order valence-electron chi connectivity index (χ2n) is 3.05. The second-order valence-corrected chi connectivity index (χ2v) is 4.78. The summed E-state index contributed by atoms with van der Waals surface area (Å²) in [5, 5.41) is 0. The maximum atomic E-state index is 11.3. The molecule has 0 fully saturated rings. The summed E-state index contributed by atoms with van der Waals surface area (Å²) in [6.07, 6.45) is 0. The highest BCUT2D eigenvalue weighted by Crippen LogP contribution is 2.06. The minimum Gasteiger partial charge on any atom is -0.302 e. The van der Waals surface area contributed by atoms with Gasteiger partial charge in [-0.15, -0.1) is 0 Å². The van der Waals surface area contributed by atoms with Gasteiger partial charge in [0.1, 0.15) is 9.99 Å². The Morgan fingerprint density at radius 2 is 2.00 bits per heavy atom. The predicted molar refractivity (Wildman–Crippen MR) is 60.4 cm³/mol. The Hall–Kier alpha value is -0.840. The third-order valence-corrected chi connectivity index (χ3v) is 3.15. The maximum absolute atomic E-state index is 11.3. The van der Waals surface area contributed by atoms with E-state index in [2.05, 4.69) is 5.87 Å². The molecule has 3 nitrogen and oxygen atoms in total. The third kappa shape index (κ3) is 3.14. The molecule has 0 aliphatic heterocycles. The van der Waals surface area contributed by atoms with Crippen molar-refractivity contribution in [2.45, 2.75) is 13.5 Å². The first-order valence-corrected chi connectivity index (χ1v) is 6.07. The van der Waals surface area contributed by atoms with E-state index in [-0.39, 0.29) is 0 Å². The van der Waals surface area contributed by atoms with Gasteiger partial charge < -0.3 is 4.55 Å². The normalized spacial score (nSPS) is 15.4. The fourth-order valence-corrected chi connectivity index (χ4v) is 1.96. The Bertz CT molecular complexity index is 372. The molecule has 1 atom stereocenters. The van der Waals surface area contributed by atoms with Crippen LogP contribution in [0.25, 0.3) is 0 Å². The predicted octanol–water partition coefficient (Wildman–Crippen LogP) is 1.61. The molecule has 0 aromatic heterocycles. The zero-order valence-corrected chi connectivity index (χ0v) is 9.04. The molecule has 0 aliphatic rings. The summed E-state index contributed by atoms with van der Waals surface area (Å²) in [5.41, 5.74) is 1.01. The average Bonchev–Trinajstić information content (AvgIpc) is 2.14. The van der Waals surface area contributed by atoms with E-state index in [0.717, 1.165) is 5.56 Å². The smallest absolute Gasteiger partial charge is 0.141 e. The van der Waals surface area contributed by atoms with Crippen molar-refractivity contribution in [3.05, 3.63) is 35.9 Å². The number of hydrogen-bond acceptors (Lipinski definition) is 1. The monoisotopic (exact) mass is 213 g/mol. The van der Waals surface area contributed by atoms with Gasteiger partial charge in [0.15, 0.2) is 0 Å². The fourth-order valence-electron chi connectivity index (χ4n) is 1.20. The van der Waals surface area contributed by atoms with Crippen LogP contribution in [-0.2, 0) is 16.5 Å². The molecule has 78 valence electrons. The van der Waals surface area contributed by atoms with Gasteiger partial charge in [0.25, 0.3) is 0 Å². The lowest BCUT2D eigenvalue weighted by Crippen LogP contribution is -2.29. The summed E-state index contributed by atoms with van der Waals surface area (Å²) in [4.78, 5) is 0. The molecule has 1 rings (SSSR count). The number of rotatable bonds is 4. The molecule has 1 N–H and O–H groups in total. The molecule has 0 heterocycles. The molecule has 4 heteroatoms. The highest BCUT2D eigenvalue weighted by molar-refractivity contribution is 7.92. The molecule has 0 saturated heterocycles. The van der Waals surface area contributed by atoms with Crippen molar-refractivity contribution in [1.29, 1.82) is 0 Å². The van der Waals surface area contributed by atoms with Crippen molar-refractivity contribution < 1.29 is 8.76 Å². The molecule has 14 heavy (non-hydrogen) atoms. The zero-order valence-electron chi connectivity index (χ0n) is 8.22. The molecule has 0 radical (unpaired) electrons. The van der Waals surface area contributed by atoms with Crippen LogP contribution in [0.1, 0.15) is 12.5 Å². The summed E-state index contributed by atoms with van der Waals surface area (Å²) < 4.78 is 22.0. The lowest BCUT2D eigenvalue weighted by atomic mass is 10.2. The first kappa shape index (κ1) is 11.2. The lowest BCUT2D eigenvalue weighted by molar-refractivity contribution is 0.403. The minimum absolute atomic E-state index is 0.455. The molecule has 0 saturated carbocycles. The van der Waals surface area contributed by atoms with Gasteiger partial charge in [0.2, 0.25) is 0 Å². The van der Waals surface area contributed by atoms with Gasteiger partial charge in [-0.05, 0) is 11.4 Å². The van der Waals surface area contributed by atoms with Crippen LogP contribution in [-0.4, -0.2) is 25.5 Å². The number of nitrogens with zero attached hydrogens (tertiary/aromatic N) is 1. The van der Waals surface area contributed by atoms with Crippen LogP contribution in [0.2, 0.25) is 0 Å². The number of hydrogen-bond donors (Lipinski definition) is 1. The van der Waals surface area contributed by atoms with Crippen molar-refractivity contribution >= 4 is 15.9 Å². The van der Waals surface area contributed by atoms with Crippen LogP contribution in [0.5, 0.6) is 0 Å². The summed E-state index contributed by atoms with van der Waals surface area (Å²) in [6.45, 7) is 2.80. The van der Waals surface area contributed by atoms with Crippen LogP contribution in [0.4, 0.5) is 0 Å². The van der Waals surface area contributed by atoms with Gasteiger partial charge in [0.05, 0.1) is 0 Å². The van der Waals surface area contributed by atoms with Gasteiger partial charge in [-0.3, -0.25) is 0 Å². The maximum Gasteiger partial charge on any atom is 0.141 e. The zero-order chi connectivity index (χ0) is 10.6. The van der Waals surface area contributed by atoms with E-state index in [1.165, 1.54) is 4.31 Å². The van der Waals surface area contributed by atoms with Crippen molar-refractivity contribution in [2.24, 2.45) is 0 Å². The van der Waals surface area contributed by atoms with Gasteiger partial charge in [0, 0.05) is 13.1 Å². The van der Waals surface area contributed by atoms with E-state index in [9.17, 15) is 8.76 Å². The van der Waals surface area contributed by atoms with Crippen molar-refractivity contribution in [1.82, 2.24) is 4.31 Å². The van der Waals surface area contributed by atoms with Crippen molar-refractivity contribution in [2.75, 3.05) is 6.54 Å². The SMILES string of the molecule is C=S(=O)(O)N(CC)Cc1ccccc1. The minimum atomic E-state index is -3.08. The van der Waals surface area contributed by atoms with E-state index in [0.29, 0.717) is 13.1 Å². The van der Waals surface area contributed by atoms with E-state index < -0.39 is 9.99 Å². The molecule has 0 spiro atoms. The molecule has 1 aromatic carbocycles. The largest absolute Gasteiger partial charge is 0.302 e. The Balaban J connectivity index is 2.77. The van der Waals surface area contributed by atoms with E-state index in [1.54, 1.807) is 0 Å². The average molecular weight is 213 g/mol. The van der Waals surface area contributed by atoms with Crippen molar-refractivity contribution in [3.8, 4) is 0 Å². The van der Waals surface area contributed by atoms with Gasteiger partial charge in [-0.1, -0.05) is 37.3 Å². The summed E-state index contributed by atoms with van der Waals surface area (Å²) >= 11 is 0. The highest BCUT2D eigenvalue weighted by atomic mass is 32.2. The molecule has 1 unspecified atom stereocenters. The molecular formula is C10H15NO2S. The van der Waals surface area contributed by atoms with Crippen LogP contribution >= 0.6 is 0 Å². The molecule has 0 aliphatic carbocycles. The van der Waals surface area contributed by atoms with Crippen LogP contribution in [0, 0.1) is 0 Å². The molecular weight excluding hydrogens is 198 g/mol. The first-order valence-electron chi connectivity index (χ1n) is 4.42. The molecule has 0 amide bonds. The Morgan fingerprint density at radius 3 is 2.43 bits per heavy atom. The fraction of sp³-hybridized carbons (Fsp3) is 0.300. The molecule has 0 bridgehead atoms. The second kappa shape index (κ2) is 4.59. The van der Waals surface area contributed by atoms with Crippen molar-refractivity contribution in [3.63, 3.8) is 0 Å². The summed E-state index contributed by atoms with van der Waals surface area (Å²) in [7, 11) is -3.08. The third-order valence-electron chi connectivity index (χ3n) is 1.96. The van der Waals surface area contributed by atoms with E-state index in [1.807, 2.05) is 37.3 Å². The lowest BCUT2D eigenvalue weighted by Gasteiger charge is -2.20. The molecule has 1 aromatic rings. The van der Waals surface area contributed by atoms with Crippen LogP contribution < -0.4 is 0 Å². The summed E-state index contributed by atoms with van der Waals surface area (Å²) in [6, 6.07) is 9.58. The van der Waals surface area contributed by atoms with Crippen LogP contribution in [0.3, 0.4) is 0 Å². The van der Waals surface area contributed by atoms with Gasteiger partial charge in [-0.2, -0.15) is 0 Å². The topological polar surface area (TPSA) is 40.5 Å². The Kier molecular flexibility index (Phi) is 3.69. The van der Waals surface area contributed by atoms with Crippen LogP contribution in [0.15, 0.2) is 30.3 Å². The Morgan fingerprint density at radius 1 is 1.43 bits per heavy atom. The van der Waals surface area contributed by atoms with Gasteiger partial charge in [-0.25, -0.2) is 8.51 Å². The van der Waals surface area contributed by atoms with Gasteiger partial charge >= 0.3 is 0 Å².